The summed E-state index contributed by atoms with van der Waals surface area (Å²) in [5, 5.41) is 0. The van der Waals surface area contributed by atoms with E-state index in [0.29, 0.717) is 17.4 Å². The van der Waals surface area contributed by atoms with Gasteiger partial charge in [-0.2, -0.15) is 9.97 Å². The van der Waals surface area contributed by atoms with Crippen molar-refractivity contribution in [2.24, 2.45) is 0 Å². The predicted molar refractivity (Wildman–Crippen MR) is 75.5 cm³/mol. The summed E-state index contributed by atoms with van der Waals surface area (Å²) in [5.41, 5.74) is 7.32. The van der Waals surface area contributed by atoms with Crippen LogP contribution >= 0.6 is 22.6 Å². The Morgan fingerprint density at radius 2 is 1.94 bits per heavy atom. The SMILES string of the molecule is COc1ccc(-c2nc(OC)nc(N)c2I)cn1. The van der Waals surface area contributed by atoms with Crippen molar-refractivity contribution >= 4 is 28.4 Å². The first-order chi connectivity index (χ1) is 8.65. The van der Waals surface area contributed by atoms with E-state index >= 15 is 0 Å². The highest BCUT2D eigenvalue weighted by Gasteiger charge is 2.12. The summed E-state index contributed by atoms with van der Waals surface area (Å²) in [7, 11) is 3.06. The maximum absolute atomic E-state index is 5.81. The van der Waals surface area contributed by atoms with Crippen molar-refractivity contribution in [3.63, 3.8) is 0 Å². The molecule has 0 fully saturated rings. The van der Waals surface area contributed by atoms with Gasteiger partial charge >= 0.3 is 6.01 Å². The fourth-order valence-corrected chi connectivity index (χ4v) is 1.92. The van der Waals surface area contributed by atoms with Gasteiger partial charge in [0.25, 0.3) is 0 Å². The summed E-state index contributed by atoms with van der Waals surface area (Å²) in [5.74, 6) is 0.927. The minimum atomic E-state index is 0.235. The van der Waals surface area contributed by atoms with E-state index in [-0.39, 0.29) is 6.01 Å². The number of rotatable bonds is 3. The first kappa shape index (κ1) is 12.8. The lowest BCUT2D eigenvalue weighted by molar-refractivity contribution is 0.381. The molecular weight excluding hydrogens is 347 g/mol. The molecule has 7 heteroatoms. The zero-order chi connectivity index (χ0) is 13.1. The quantitative estimate of drug-likeness (QED) is 0.842. The minimum Gasteiger partial charge on any atom is -0.481 e. The smallest absolute Gasteiger partial charge is 0.318 e. The van der Waals surface area contributed by atoms with Crippen LogP contribution in [-0.2, 0) is 0 Å². The number of nitrogens with two attached hydrogens (primary N) is 1. The molecule has 0 saturated heterocycles. The highest BCUT2D eigenvalue weighted by molar-refractivity contribution is 14.1. The number of pyridine rings is 1. The maximum Gasteiger partial charge on any atom is 0.318 e. The van der Waals surface area contributed by atoms with Crippen molar-refractivity contribution in [1.82, 2.24) is 15.0 Å². The summed E-state index contributed by atoms with van der Waals surface area (Å²) in [6.45, 7) is 0. The normalized spacial score (nSPS) is 10.2. The summed E-state index contributed by atoms with van der Waals surface area (Å²) >= 11 is 2.09. The highest BCUT2D eigenvalue weighted by atomic mass is 127. The molecule has 0 radical (unpaired) electrons. The van der Waals surface area contributed by atoms with Crippen LogP contribution < -0.4 is 15.2 Å². The first-order valence-corrected chi connectivity index (χ1v) is 6.11. The number of ether oxygens (including phenoxy) is 2. The molecule has 0 aliphatic carbocycles. The van der Waals surface area contributed by atoms with Crippen molar-refractivity contribution < 1.29 is 9.47 Å². The van der Waals surface area contributed by atoms with Gasteiger partial charge in [-0.25, -0.2) is 4.98 Å². The van der Waals surface area contributed by atoms with Crippen molar-refractivity contribution in [2.75, 3.05) is 20.0 Å². The topological polar surface area (TPSA) is 83.2 Å². The van der Waals surface area contributed by atoms with Crippen molar-refractivity contribution in [1.29, 1.82) is 0 Å². The number of nitrogen functional groups attached to an aromatic ring is 1. The van der Waals surface area contributed by atoms with Crippen LogP contribution in [0.3, 0.4) is 0 Å². The van der Waals surface area contributed by atoms with Gasteiger partial charge in [-0.3, -0.25) is 0 Å². The van der Waals surface area contributed by atoms with Crippen molar-refractivity contribution in [3.8, 4) is 23.1 Å². The number of methoxy groups -OCH3 is 2. The van der Waals surface area contributed by atoms with Crippen LogP contribution in [0.25, 0.3) is 11.3 Å². The van der Waals surface area contributed by atoms with Gasteiger partial charge in [-0.05, 0) is 28.7 Å². The molecule has 0 bridgehead atoms. The lowest BCUT2D eigenvalue weighted by Crippen LogP contribution is -2.03. The molecule has 94 valence electrons. The van der Waals surface area contributed by atoms with Gasteiger partial charge < -0.3 is 15.2 Å². The lowest BCUT2D eigenvalue weighted by Gasteiger charge is -2.08. The average Bonchev–Trinajstić information content (AvgIpc) is 2.42. The van der Waals surface area contributed by atoms with Crippen LogP contribution in [0.5, 0.6) is 11.9 Å². The fraction of sp³-hybridized carbons (Fsp3) is 0.182. The van der Waals surface area contributed by atoms with Gasteiger partial charge in [0.1, 0.15) is 5.82 Å². The second kappa shape index (κ2) is 5.34. The van der Waals surface area contributed by atoms with Crippen LogP contribution in [-0.4, -0.2) is 29.2 Å². The molecule has 2 heterocycles. The Morgan fingerprint density at radius 1 is 1.17 bits per heavy atom. The molecule has 0 aliphatic heterocycles. The fourth-order valence-electron chi connectivity index (χ4n) is 1.37. The summed E-state index contributed by atoms with van der Waals surface area (Å²) in [6, 6.07) is 3.85. The standard InChI is InChI=1S/C11H11IN4O2/c1-17-7-4-3-6(5-14-7)9-8(12)10(13)16-11(15-9)18-2/h3-5H,1-2H3,(H2,13,15,16). The number of hydrogen-bond acceptors (Lipinski definition) is 6. The Bertz CT molecular complexity index is 560. The number of hydrogen-bond donors (Lipinski definition) is 1. The van der Waals surface area contributed by atoms with E-state index in [2.05, 4.69) is 37.5 Å². The summed E-state index contributed by atoms with van der Waals surface area (Å²) in [4.78, 5) is 12.4. The Morgan fingerprint density at radius 3 is 2.50 bits per heavy atom. The molecule has 2 N–H and O–H groups in total. The molecule has 0 atom stereocenters. The molecule has 0 aromatic carbocycles. The number of halogens is 1. The molecule has 2 aromatic rings. The van der Waals surface area contributed by atoms with Crippen molar-refractivity contribution in [3.05, 3.63) is 21.9 Å². The Labute approximate surface area is 118 Å². The Kier molecular flexibility index (Phi) is 3.80. The van der Waals surface area contributed by atoms with Gasteiger partial charge in [0.15, 0.2) is 0 Å². The first-order valence-electron chi connectivity index (χ1n) is 5.03. The van der Waals surface area contributed by atoms with Gasteiger partial charge in [0.05, 0.1) is 23.5 Å². The Hall–Kier alpha value is -1.64. The molecule has 2 rings (SSSR count). The molecule has 0 amide bonds. The molecule has 2 aromatic heterocycles. The third-order valence-corrected chi connectivity index (χ3v) is 3.32. The van der Waals surface area contributed by atoms with Gasteiger partial charge in [-0.1, -0.05) is 0 Å². The zero-order valence-corrected chi connectivity index (χ0v) is 12.0. The van der Waals surface area contributed by atoms with Crippen LogP contribution in [0.2, 0.25) is 0 Å². The monoisotopic (exact) mass is 358 g/mol. The lowest BCUT2D eigenvalue weighted by atomic mass is 10.2. The molecule has 0 aliphatic rings. The number of anilines is 1. The molecule has 0 saturated carbocycles. The van der Waals surface area contributed by atoms with E-state index in [0.717, 1.165) is 9.13 Å². The van der Waals surface area contributed by atoms with E-state index in [1.165, 1.54) is 7.11 Å². The van der Waals surface area contributed by atoms with Crippen molar-refractivity contribution in [2.45, 2.75) is 0 Å². The zero-order valence-electron chi connectivity index (χ0n) is 9.85. The molecule has 0 unspecified atom stereocenters. The van der Waals surface area contributed by atoms with Gasteiger partial charge in [0, 0.05) is 17.8 Å². The van der Waals surface area contributed by atoms with Crippen LogP contribution in [0, 0.1) is 3.57 Å². The molecule has 0 spiro atoms. The minimum absolute atomic E-state index is 0.235. The largest absolute Gasteiger partial charge is 0.481 e. The van der Waals surface area contributed by atoms with E-state index in [4.69, 9.17) is 15.2 Å². The summed E-state index contributed by atoms with van der Waals surface area (Å²) < 4.78 is 10.8. The Balaban J connectivity index is 2.51. The number of nitrogens with zero attached hydrogens (tertiary/aromatic N) is 3. The maximum atomic E-state index is 5.81. The average molecular weight is 358 g/mol. The van der Waals surface area contributed by atoms with Crippen LogP contribution in [0.15, 0.2) is 18.3 Å². The molecular formula is C11H11IN4O2. The van der Waals surface area contributed by atoms with Gasteiger partial charge in [0.2, 0.25) is 5.88 Å². The van der Waals surface area contributed by atoms with Crippen LogP contribution in [0.1, 0.15) is 0 Å². The highest BCUT2D eigenvalue weighted by Crippen LogP contribution is 2.28. The third-order valence-electron chi connectivity index (χ3n) is 2.26. The molecule has 6 nitrogen and oxygen atoms in total. The van der Waals surface area contributed by atoms with E-state index in [1.807, 2.05) is 6.07 Å². The van der Waals surface area contributed by atoms with Crippen LogP contribution in [0.4, 0.5) is 5.82 Å². The van der Waals surface area contributed by atoms with E-state index in [1.54, 1.807) is 19.4 Å². The van der Waals surface area contributed by atoms with Gasteiger partial charge in [-0.15, -0.1) is 0 Å². The second-order valence-electron chi connectivity index (χ2n) is 3.35. The predicted octanol–water partition coefficient (Wildman–Crippen LogP) is 1.74. The van der Waals surface area contributed by atoms with E-state index in [9.17, 15) is 0 Å². The number of aromatic nitrogens is 3. The summed E-state index contributed by atoms with van der Waals surface area (Å²) in [6.07, 6.45) is 1.67. The van der Waals surface area contributed by atoms with E-state index < -0.39 is 0 Å². The second-order valence-corrected chi connectivity index (χ2v) is 4.43. The molecule has 18 heavy (non-hydrogen) atoms. The third kappa shape index (κ3) is 2.45.